The second kappa shape index (κ2) is 4.06. The summed E-state index contributed by atoms with van der Waals surface area (Å²) in [6.45, 7) is 3.15. The molecule has 76 valence electrons. The number of rotatable bonds is 3. The van der Waals surface area contributed by atoms with Gasteiger partial charge in [-0.1, -0.05) is 0 Å². The largest absolute Gasteiger partial charge is 0.464 e. The first-order valence-electron chi connectivity index (χ1n) is 4.57. The number of thiazole rings is 1. The Kier molecular flexibility index (Phi) is 2.79. The summed E-state index contributed by atoms with van der Waals surface area (Å²) < 4.78 is 4.84. The third-order valence-corrected chi connectivity index (χ3v) is 2.95. The van der Waals surface area contributed by atoms with Gasteiger partial charge in [0.25, 0.3) is 0 Å². The van der Waals surface area contributed by atoms with Gasteiger partial charge in [0, 0.05) is 18.3 Å². The average Bonchev–Trinajstić information content (AvgIpc) is 2.72. The molecule has 14 heavy (non-hydrogen) atoms. The molecule has 5 heteroatoms. The molecule has 1 atom stereocenters. The zero-order chi connectivity index (χ0) is 9.97. The molecule has 1 aromatic heterocycles. The van der Waals surface area contributed by atoms with Crippen molar-refractivity contribution in [3.63, 3.8) is 0 Å². The second-order valence-electron chi connectivity index (χ2n) is 3.25. The Morgan fingerprint density at radius 3 is 3.21 bits per heavy atom. The molecule has 0 spiro atoms. The fourth-order valence-corrected chi connectivity index (χ4v) is 2.01. The van der Waals surface area contributed by atoms with Crippen LogP contribution in [0.15, 0.2) is 5.38 Å². The van der Waals surface area contributed by atoms with Crippen molar-refractivity contribution in [1.82, 2.24) is 10.3 Å². The molecule has 1 aromatic rings. The smallest absolute Gasteiger partial charge is 0.323 e. The molecule has 1 fully saturated rings. The van der Waals surface area contributed by atoms with Crippen LogP contribution in [0, 0.1) is 6.92 Å². The van der Waals surface area contributed by atoms with E-state index in [0.717, 1.165) is 17.1 Å². The maximum atomic E-state index is 11.1. The van der Waals surface area contributed by atoms with E-state index in [1.54, 1.807) is 11.3 Å². The van der Waals surface area contributed by atoms with Crippen LogP contribution in [0.25, 0.3) is 0 Å². The van der Waals surface area contributed by atoms with Crippen LogP contribution < -0.4 is 5.32 Å². The maximum absolute atomic E-state index is 11.1. The van der Waals surface area contributed by atoms with Crippen molar-refractivity contribution in [2.45, 2.75) is 25.9 Å². The van der Waals surface area contributed by atoms with E-state index >= 15 is 0 Å². The molecule has 1 aliphatic heterocycles. The Hall–Kier alpha value is -0.940. The van der Waals surface area contributed by atoms with Gasteiger partial charge in [-0.2, -0.15) is 0 Å². The summed E-state index contributed by atoms with van der Waals surface area (Å²) in [4.78, 5) is 15.4. The number of ether oxygens (including phenoxy) is 1. The zero-order valence-corrected chi connectivity index (χ0v) is 8.76. The molecule has 0 unspecified atom stereocenters. The number of cyclic esters (lactones) is 1. The monoisotopic (exact) mass is 212 g/mol. The summed E-state index contributed by atoms with van der Waals surface area (Å²) in [7, 11) is 0. The number of aromatic nitrogens is 1. The summed E-state index contributed by atoms with van der Waals surface area (Å²) in [5, 5.41) is 6.18. The predicted molar refractivity (Wildman–Crippen MR) is 53.1 cm³/mol. The molecule has 0 amide bonds. The van der Waals surface area contributed by atoms with E-state index in [9.17, 15) is 4.79 Å². The van der Waals surface area contributed by atoms with E-state index in [4.69, 9.17) is 4.74 Å². The Labute approximate surface area is 86.3 Å². The van der Waals surface area contributed by atoms with Gasteiger partial charge in [-0.25, -0.2) is 4.98 Å². The molecule has 0 saturated carbocycles. The minimum Gasteiger partial charge on any atom is -0.464 e. The molecular weight excluding hydrogens is 200 g/mol. The summed E-state index contributed by atoms with van der Waals surface area (Å²) in [6, 6.07) is -0.142. The van der Waals surface area contributed by atoms with Gasteiger partial charge in [0.15, 0.2) is 0 Å². The number of esters is 1. The van der Waals surface area contributed by atoms with Gasteiger partial charge in [-0.15, -0.1) is 11.3 Å². The van der Waals surface area contributed by atoms with Crippen molar-refractivity contribution in [2.24, 2.45) is 0 Å². The highest BCUT2D eigenvalue weighted by molar-refractivity contribution is 7.09. The summed E-state index contributed by atoms with van der Waals surface area (Å²) in [5.41, 5.74) is 0.993. The molecule has 1 aliphatic rings. The molecule has 0 aromatic carbocycles. The van der Waals surface area contributed by atoms with Crippen LogP contribution in [0.4, 0.5) is 0 Å². The molecule has 2 heterocycles. The zero-order valence-electron chi connectivity index (χ0n) is 7.95. The van der Waals surface area contributed by atoms with Gasteiger partial charge in [0.05, 0.1) is 17.3 Å². The van der Waals surface area contributed by atoms with E-state index in [-0.39, 0.29) is 12.0 Å². The molecule has 0 bridgehead atoms. The van der Waals surface area contributed by atoms with Crippen molar-refractivity contribution in [1.29, 1.82) is 0 Å². The number of hydrogen-bond donors (Lipinski definition) is 1. The first-order valence-corrected chi connectivity index (χ1v) is 5.44. The normalized spacial score (nSPS) is 21.2. The number of aryl methyl sites for hydroxylation is 1. The highest BCUT2D eigenvalue weighted by Gasteiger charge is 2.25. The van der Waals surface area contributed by atoms with E-state index in [1.165, 1.54) is 0 Å². The Bertz CT molecular complexity index is 337. The molecule has 2 rings (SSSR count). The Balaban J connectivity index is 1.85. The van der Waals surface area contributed by atoms with E-state index in [2.05, 4.69) is 10.3 Å². The van der Waals surface area contributed by atoms with Crippen LogP contribution in [-0.2, 0) is 16.1 Å². The number of carbonyl (C=O) groups is 1. The molecular formula is C9H12N2O2S. The van der Waals surface area contributed by atoms with Crippen LogP contribution >= 0.6 is 11.3 Å². The maximum Gasteiger partial charge on any atom is 0.323 e. The number of carbonyl (C=O) groups excluding carboxylic acids is 1. The van der Waals surface area contributed by atoms with Crippen LogP contribution in [0.5, 0.6) is 0 Å². The van der Waals surface area contributed by atoms with Crippen molar-refractivity contribution >= 4 is 17.3 Å². The highest BCUT2D eigenvalue weighted by atomic mass is 32.1. The Morgan fingerprint density at radius 1 is 1.79 bits per heavy atom. The third-order valence-electron chi connectivity index (χ3n) is 2.13. The summed E-state index contributed by atoms with van der Waals surface area (Å²) >= 11 is 1.62. The number of hydrogen-bond acceptors (Lipinski definition) is 5. The van der Waals surface area contributed by atoms with E-state index < -0.39 is 0 Å². The fraction of sp³-hybridized carbons (Fsp3) is 0.556. The highest BCUT2D eigenvalue weighted by Crippen LogP contribution is 2.10. The standard InChI is InChI=1S/C9H12N2O2S/c1-6-11-7(5-14-6)4-10-8-2-3-13-9(8)12/h5,8,10H,2-4H2,1H3/t8-/m0/s1. The fourth-order valence-electron chi connectivity index (χ4n) is 1.40. The second-order valence-corrected chi connectivity index (χ2v) is 4.31. The van der Waals surface area contributed by atoms with E-state index in [1.807, 2.05) is 12.3 Å². The summed E-state index contributed by atoms with van der Waals surface area (Å²) in [5.74, 6) is -0.142. The van der Waals surface area contributed by atoms with E-state index in [0.29, 0.717) is 13.2 Å². The van der Waals surface area contributed by atoms with Gasteiger partial charge in [-0.3, -0.25) is 10.1 Å². The minimum absolute atomic E-state index is 0.142. The third kappa shape index (κ3) is 2.10. The van der Waals surface area contributed by atoms with Gasteiger partial charge < -0.3 is 4.74 Å². The average molecular weight is 212 g/mol. The predicted octanol–water partition coefficient (Wildman–Crippen LogP) is 0.857. The van der Waals surface area contributed by atoms with Crippen LogP contribution in [0.2, 0.25) is 0 Å². The quantitative estimate of drug-likeness (QED) is 0.755. The lowest BCUT2D eigenvalue weighted by molar-refractivity contribution is -0.139. The topological polar surface area (TPSA) is 51.2 Å². The van der Waals surface area contributed by atoms with Crippen molar-refractivity contribution < 1.29 is 9.53 Å². The van der Waals surface area contributed by atoms with Gasteiger partial charge in [-0.05, 0) is 6.92 Å². The lowest BCUT2D eigenvalue weighted by Gasteiger charge is -2.05. The van der Waals surface area contributed by atoms with Crippen LogP contribution in [0.3, 0.4) is 0 Å². The molecule has 0 radical (unpaired) electrons. The SMILES string of the molecule is Cc1nc(CN[C@H]2CCOC2=O)cs1. The molecule has 0 aliphatic carbocycles. The Morgan fingerprint density at radius 2 is 2.64 bits per heavy atom. The first-order chi connectivity index (χ1) is 6.75. The van der Waals surface area contributed by atoms with Gasteiger partial charge >= 0.3 is 5.97 Å². The van der Waals surface area contributed by atoms with Gasteiger partial charge in [0.1, 0.15) is 6.04 Å². The minimum atomic E-state index is -0.142. The van der Waals surface area contributed by atoms with Crippen molar-refractivity contribution in [3.05, 3.63) is 16.1 Å². The number of nitrogens with one attached hydrogen (secondary N) is 1. The molecule has 1 N–H and O–H groups in total. The van der Waals surface area contributed by atoms with Crippen LogP contribution in [0.1, 0.15) is 17.1 Å². The van der Waals surface area contributed by atoms with Gasteiger partial charge in [0.2, 0.25) is 0 Å². The first kappa shape index (κ1) is 9.61. The number of nitrogens with zero attached hydrogens (tertiary/aromatic N) is 1. The molecule has 4 nitrogen and oxygen atoms in total. The van der Waals surface area contributed by atoms with Crippen molar-refractivity contribution in [2.75, 3.05) is 6.61 Å². The van der Waals surface area contributed by atoms with Crippen molar-refractivity contribution in [3.8, 4) is 0 Å². The molecule has 1 saturated heterocycles. The summed E-state index contributed by atoms with van der Waals surface area (Å²) in [6.07, 6.45) is 0.766. The van der Waals surface area contributed by atoms with Crippen LogP contribution in [-0.4, -0.2) is 23.6 Å². The lowest BCUT2D eigenvalue weighted by atomic mass is 10.2. The lowest BCUT2D eigenvalue weighted by Crippen LogP contribution is -2.32.